The first-order chi connectivity index (χ1) is 11.9. The minimum atomic E-state index is 0.654. The molecule has 0 radical (unpaired) electrons. The summed E-state index contributed by atoms with van der Waals surface area (Å²) in [6, 6.07) is 19.6. The smallest absolute Gasteiger partial charge is 0.0219 e. The van der Waals surface area contributed by atoms with E-state index in [1.165, 1.54) is 36.0 Å². The van der Waals surface area contributed by atoms with E-state index in [1.54, 1.807) is 0 Å². The molecule has 0 nitrogen and oxygen atoms in total. The molecule has 0 spiro atoms. The van der Waals surface area contributed by atoms with Crippen molar-refractivity contribution in [3.05, 3.63) is 71.3 Å². The SMILES string of the molecule is CC(C)CCc1ccccc1.CCC.CCc1ccc(C(C)C)cc1. The maximum Gasteiger partial charge on any atom is -0.0219 e. The largest absolute Gasteiger partial charge is 0.0656 e. The molecule has 25 heavy (non-hydrogen) atoms. The van der Waals surface area contributed by atoms with Crippen LogP contribution in [-0.4, -0.2) is 0 Å². The molecule has 0 heteroatoms. The van der Waals surface area contributed by atoms with Crippen LogP contribution in [0, 0.1) is 5.92 Å². The van der Waals surface area contributed by atoms with Gasteiger partial charge in [-0.25, -0.2) is 0 Å². The minimum Gasteiger partial charge on any atom is -0.0656 e. The van der Waals surface area contributed by atoms with Gasteiger partial charge in [0.1, 0.15) is 0 Å². The molecule has 0 aliphatic heterocycles. The Balaban J connectivity index is 0.000000399. The van der Waals surface area contributed by atoms with Gasteiger partial charge in [0.2, 0.25) is 0 Å². The van der Waals surface area contributed by atoms with E-state index in [-0.39, 0.29) is 0 Å². The van der Waals surface area contributed by atoms with Crippen molar-refractivity contribution >= 4 is 0 Å². The molecule has 0 aromatic heterocycles. The van der Waals surface area contributed by atoms with Crippen molar-refractivity contribution in [3.8, 4) is 0 Å². The van der Waals surface area contributed by atoms with Crippen molar-refractivity contribution < 1.29 is 0 Å². The highest BCUT2D eigenvalue weighted by Gasteiger charge is 1.96. The van der Waals surface area contributed by atoms with E-state index in [4.69, 9.17) is 0 Å². The molecule has 0 saturated heterocycles. The van der Waals surface area contributed by atoms with Crippen LogP contribution >= 0.6 is 0 Å². The molecule has 0 saturated carbocycles. The summed E-state index contributed by atoms with van der Waals surface area (Å²) in [6.07, 6.45) is 4.90. The molecule has 0 unspecified atom stereocenters. The number of rotatable bonds is 5. The van der Waals surface area contributed by atoms with E-state index in [0.29, 0.717) is 5.92 Å². The van der Waals surface area contributed by atoms with Crippen LogP contribution in [0.5, 0.6) is 0 Å². The van der Waals surface area contributed by atoms with Gasteiger partial charge in [-0.05, 0) is 47.8 Å². The summed E-state index contributed by atoms with van der Waals surface area (Å²) in [5, 5.41) is 0. The summed E-state index contributed by atoms with van der Waals surface area (Å²) in [5.74, 6) is 1.47. The van der Waals surface area contributed by atoms with E-state index in [9.17, 15) is 0 Å². The van der Waals surface area contributed by atoms with Gasteiger partial charge in [0.15, 0.2) is 0 Å². The molecule has 0 aliphatic rings. The van der Waals surface area contributed by atoms with Gasteiger partial charge < -0.3 is 0 Å². The Morgan fingerprint density at radius 3 is 1.60 bits per heavy atom. The summed E-state index contributed by atoms with van der Waals surface area (Å²) in [6.45, 7) is 15.4. The molecule has 0 amide bonds. The first-order valence-corrected chi connectivity index (χ1v) is 10.1. The Kier molecular flexibility index (Phi) is 13.8. The summed E-state index contributed by atoms with van der Waals surface area (Å²) in [4.78, 5) is 0. The van der Waals surface area contributed by atoms with E-state index < -0.39 is 0 Å². The minimum absolute atomic E-state index is 0.654. The number of hydrogen-bond acceptors (Lipinski definition) is 0. The molecule has 0 atom stereocenters. The maximum atomic E-state index is 2.27. The van der Waals surface area contributed by atoms with Crippen LogP contribution in [0.25, 0.3) is 0 Å². The van der Waals surface area contributed by atoms with Crippen molar-refractivity contribution in [2.24, 2.45) is 5.92 Å². The van der Waals surface area contributed by atoms with E-state index in [0.717, 1.165) is 12.3 Å². The normalized spacial score (nSPS) is 9.96. The lowest BCUT2D eigenvalue weighted by Gasteiger charge is -2.04. The Morgan fingerprint density at radius 2 is 1.20 bits per heavy atom. The lowest BCUT2D eigenvalue weighted by molar-refractivity contribution is 0.587. The van der Waals surface area contributed by atoms with Crippen LogP contribution in [-0.2, 0) is 12.8 Å². The van der Waals surface area contributed by atoms with Gasteiger partial charge in [-0.1, -0.05) is 109 Å². The molecule has 0 N–H and O–H groups in total. The van der Waals surface area contributed by atoms with Gasteiger partial charge in [-0.3, -0.25) is 0 Å². The van der Waals surface area contributed by atoms with E-state index >= 15 is 0 Å². The second-order valence-electron chi connectivity index (χ2n) is 7.38. The predicted molar refractivity (Wildman–Crippen MR) is 115 cm³/mol. The topological polar surface area (TPSA) is 0 Å². The van der Waals surface area contributed by atoms with E-state index in [1.807, 2.05) is 0 Å². The zero-order chi connectivity index (χ0) is 19.1. The zero-order valence-corrected chi connectivity index (χ0v) is 17.7. The van der Waals surface area contributed by atoms with Crippen molar-refractivity contribution in [1.82, 2.24) is 0 Å². The van der Waals surface area contributed by atoms with E-state index in [2.05, 4.69) is 103 Å². The predicted octanol–water partition coefficient (Wildman–Crippen LogP) is 8.06. The van der Waals surface area contributed by atoms with Gasteiger partial charge in [-0.2, -0.15) is 0 Å². The van der Waals surface area contributed by atoms with Crippen molar-refractivity contribution in [2.75, 3.05) is 0 Å². The lowest BCUT2D eigenvalue weighted by Crippen LogP contribution is -1.91. The summed E-state index contributed by atoms with van der Waals surface area (Å²) in [7, 11) is 0. The molecule has 2 aromatic rings. The van der Waals surface area contributed by atoms with Crippen LogP contribution in [0.15, 0.2) is 54.6 Å². The van der Waals surface area contributed by atoms with Crippen molar-refractivity contribution in [2.45, 2.75) is 80.1 Å². The second kappa shape index (κ2) is 14.8. The van der Waals surface area contributed by atoms with Crippen molar-refractivity contribution in [3.63, 3.8) is 0 Å². The average Bonchev–Trinajstić information content (AvgIpc) is 2.62. The molecule has 2 aromatic carbocycles. The molecule has 2 rings (SSSR count). The molecule has 140 valence electrons. The Labute approximate surface area is 157 Å². The highest BCUT2D eigenvalue weighted by molar-refractivity contribution is 5.24. The third-order valence-electron chi connectivity index (χ3n) is 3.91. The summed E-state index contributed by atoms with van der Waals surface area (Å²) < 4.78 is 0. The average molecular weight is 341 g/mol. The molecule has 0 aliphatic carbocycles. The fourth-order valence-corrected chi connectivity index (χ4v) is 2.24. The third kappa shape index (κ3) is 12.5. The lowest BCUT2D eigenvalue weighted by atomic mass is 10.0. The molecular weight excluding hydrogens is 300 g/mol. The van der Waals surface area contributed by atoms with Crippen molar-refractivity contribution in [1.29, 1.82) is 0 Å². The standard InChI is InChI=1S/2C11H16.C3H8/c1-10(2)8-9-11-6-4-3-5-7-11;1-4-10-5-7-11(8-6-10)9(2)3;1-3-2/h3-7,10H,8-9H2,1-2H3;5-9H,4H2,1-3H3;3H2,1-2H3. The summed E-state index contributed by atoms with van der Waals surface area (Å²) in [5.41, 5.74) is 4.32. The van der Waals surface area contributed by atoms with Gasteiger partial charge >= 0.3 is 0 Å². The highest BCUT2D eigenvalue weighted by Crippen LogP contribution is 2.14. The second-order valence-corrected chi connectivity index (χ2v) is 7.38. The number of benzene rings is 2. The Hall–Kier alpha value is -1.56. The van der Waals surface area contributed by atoms with Gasteiger partial charge in [0.25, 0.3) is 0 Å². The molecular formula is C25H40. The molecule has 0 bridgehead atoms. The van der Waals surface area contributed by atoms with Crippen LogP contribution in [0.2, 0.25) is 0 Å². The monoisotopic (exact) mass is 340 g/mol. The quantitative estimate of drug-likeness (QED) is 0.516. The first-order valence-electron chi connectivity index (χ1n) is 10.1. The first kappa shape index (κ1) is 23.4. The van der Waals surface area contributed by atoms with Gasteiger partial charge in [0.05, 0.1) is 0 Å². The highest BCUT2D eigenvalue weighted by atomic mass is 14.0. The molecule has 0 fully saturated rings. The number of aryl methyl sites for hydroxylation is 2. The Morgan fingerprint density at radius 1 is 0.680 bits per heavy atom. The summed E-state index contributed by atoms with van der Waals surface area (Å²) >= 11 is 0. The van der Waals surface area contributed by atoms with Gasteiger partial charge in [-0.15, -0.1) is 0 Å². The molecule has 0 heterocycles. The zero-order valence-electron chi connectivity index (χ0n) is 17.7. The van der Waals surface area contributed by atoms with Gasteiger partial charge in [0, 0.05) is 0 Å². The van der Waals surface area contributed by atoms with Crippen LogP contribution < -0.4 is 0 Å². The number of hydrogen-bond donors (Lipinski definition) is 0. The van der Waals surface area contributed by atoms with Crippen LogP contribution in [0.1, 0.15) is 83.9 Å². The van der Waals surface area contributed by atoms with Crippen LogP contribution in [0.3, 0.4) is 0 Å². The van der Waals surface area contributed by atoms with Crippen LogP contribution in [0.4, 0.5) is 0 Å². The fraction of sp³-hybridized carbons (Fsp3) is 0.520. The maximum absolute atomic E-state index is 2.27. The fourth-order valence-electron chi connectivity index (χ4n) is 2.24. The Bertz CT molecular complexity index is 505. The third-order valence-corrected chi connectivity index (χ3v) is 3.91.